The fourth-order valence-electron chi connectivity index (χ4n) is 2.15. The van der Waals surface area contributed by atoms with Gasteiger partial charge >= 0.3 is 0 Å². The van der Waals surface area contributed by atoms with Gasteiger partial charge in [-0.25, -0.2) is 0 Å². The lowest BCUT2D eigenvalue weighted by atomic mass is 9.87. The van der Waals surface area contributed by atoms with Crippen LogP contribution < -0.4 is 10.1 Å². The third-order valence-electron chi connectivity index (χ3n) is 3.46. The number of hydrogen-bond donors (Lipinski definition) is 1. The molecular formula is C19H22BrNO2. The molecule has 0 aliphatic heterocycles. The molecule has 0 spiro atoms. The van der Waals surface area contributed by atoms with E-state index in [-0.39, 0.29) is 17.9 Å². The molecule has 2 rings (SSSR count). The molecule has 0 fully saturated rings. The van der Waals surface area contributed by atoms with Crippen LogP contribution >= 0.6 is 15.9 Å². The average molecular weight is 376 g/mol. The summed E-state index contributed by atoms with van der Waals surface area (Å²) in [6, 6.07) is 13.6. The maximum Gasteiger partial charge on any atom is 0.262 e. The van der Waals surface area contributed by atoms with Gasteiger partial charge in [0.05, 0.1) is 4.47 Å². The smallest absolute Gasteiger partial charge is 0.262 e. The lowest BCUT2D eigenvalue weighted by Crippen LogP contribution is -2.20. The summed E-state index contributed by atoms with van der Waals surface area (Å²) in [5, 5.41) is 2.83. The largest absolute Gasteiger partial charge is 0.483 e. The normalized spacial score (nSPS) is 11.2. The number of carbonyl (C=O) groups excluding carboxylic acids is 1. The quantitative estimate of drug-likeness (QED) is 0.809. The van der Waals surface area contributed by atoms with E-state index in [1.165, 1.54) is 5.56 Å². The van der Waals surface area contributed by atoms with Crippen molar-refractivity contribution in [3.8, 4) is 5.75 Å². The summed E-state index contributed by atoms with van der Waals surface area (Å²) >= 11 is 3.51. The van der Waals surface area contributed by atoms with E-state index in [0.717, 1.165) is 15.7 Å². The SMILES string of the molecule is Cc1cccc(NC(=O)COc2ccc(C(C)(C)C)cc2Br)c1. The van der Waals surface area contributed by atoms with Crippen molar-refractivity contribution in [1.29, 1.82) is 0 Å². The molecule has 2 aromatic carbocycles. The Morgan fingerprint density at radius 1 is 1.17 bits per heavy atom. The molecule has 0 aliphatic rings. The first-order valence-corrected chi connectivity index (χ1v) is 8.34. The van der Waals surface area contributed by atoms with Crippen molar-refractivity contribution >= 4 is 27.5 Å². The highest BCUT2D eigenvalue weighted by Gasteiger charge is 2.15. The number of nitrogens with one attached hydrogen (secondary N) is 1. The summed E-state index contributed by atoms with van der Waals surface area (Å²) in [4.78, 5) is 12.0. The van der Waals surface area contributed by atoms with Gasteiger partial charge in [-0.2, -0.15) is 0 Å². The van der Waals surface area contributed by atoms with Gasteiger partial charge in [-0.3, -0.25) is 4.79 Å². The highest BCUT2D eigenvalue weighted by molar-refractivity contribution is 9.10. The predicted octanol–water partition coefficient (Wildman–Crippen LogP) is 5.07. The van der Waals surface area contributed by atoms with Crippen LogP contribution in [0.4, 0.5) is 5.69 Å². The lowest BCUT2D eigenvalue weighted by Gasteiger charge is -2.20. The van der Waals surface area contributed by atoms with E-state index in [4.69, 9.17) is 4.74 Å². The maximum atomic E-state index is 12.0. The summed E-state index contributed by atoms with van der Waals surface area (Å²) in [5.41, 5.74) is 3.16. The Balaban J connectivity index is 1.97. The van der Waals surface area contributed by atoms with Crippen molar-refractivity contribution in [3.05, 3.63) is 58.1 Å². The van der Waals surface area contributed by atoms with Gasteiger partial charge < -0.3 is 10.1 Å². The molecule has 3 nitrogen and oxygen atoms in total. The topological polar surface area (TPSA) is 38.3 Å². The van der Waals surface area contributed by atoms with Crippen LogP contribution in [0.25, 0.3) is 0 Å². The predicted molar refractivity (Wildman–Crippen MR) is 98.1 cm³/mol. The molecule has 1 N–H and O–H groups in total. The first kappa shape index (κ1) is 17.5. The van der Waals surface area contributed by atoms with Crippen LogP contribution in [0.2, 0.25) is 0 Å². The number of halogens is 1. The summed E-state index contributed by atoms with van der Waals surface area (Å²) < 4.78 is 6.46. The summed E-state index contributed by atoms with van der Waals surface area (Å²) in [6.07, 6.45) is 0. The molecule has 0 atom stereocenters. The number of amides is 1. The van der Waals surface area contributed by atoms with Crippen LogP contribution in [0.5, 0.6) is 5.75 Å². The first-order valence-electron chi connectivity index (χ1n) is 7.55. The molecule has 0 heterocycles. The van der Waals surface area contributed by atoms with Crippen LogP contribution in [0, 0.1) is 6.92 Å². The number of anilines is 1. The highest BCUT2D eigenvalue weighted by Crippen LogP contribution is 2.31. The molecule has 0 radical (unpaired) electrons. The molecule has 0 aliphatic carbocycles. The Hall–Kier alpha value is -1.81. The summed E-state index contributed by atoms with van der Waals surface area (Å²) in [7, 11) is 0. The number of benzene rings is 2. The molecule has 0 saturated carbocycles. The molecule has 1 amide bonds. The van der Waals surface area contributed by atoms with E-state index in [9.17, 15) is 4.79 Å². The zero-order valence-corrected chi connectivity index (χ0v) is 15.5. The summed E-state index contributed by atoms with van der Waals surface area (Å²) in [5.74, 6) is 0.486. The van der Waals surface area contributed by atoms with E-state index >= 15 is 0 Å². The third kappa shape index (κ3) is 5.10. The number of carbonyl (C=O) groups is 1. The van der Waals surface area contributed by atoms with Crippen LogP contribution in [-0.2, 0) is 10.2 Å². The number of hydrogen-bond acceptors (Lipinski definition) is 2. The van der Waals surface area contributed by atoms with Crippen LogP contribution in [-0.4, -0.2) is 12.5 Å². The molecule has 0 bridgehead atoms. The molecular weight excluding hydrogens is 354 g/mol. The molecule has 0 unspecified atom stereocenters. The Bertz CT molecular complexity index is 705. The standard InChI is InChI=1S/C19H22BrNO2/c1-13-6-5-7-15(10-13)21-18(22)12-23-17-9-8-14(11-16(17)20)19(2,3)4/h5-11H,12H2,1-4H3,(H,21,22). The minimum atomic E-state index is -0.178. The Morgan fingerprint density at radius 2 is 1.91 bits per heavy atom. The number of ether oxygens (including phenoxy) is 1. The second kappa shape index (κ2) is 7.18. The third-order valence-corrected chi connectivity index (χ3v) is 4.08. The highest BCUT2D eigenvalue weighted by atomic mass is 79.9. The van der Waals surface area contributed by atoms with Gasteiger partial charge in [-0.05, 0) is 63.7 Å². The Morgan fingerprint density at radius 3 is 2.52 bits per heavy atom. The van der Waals surface area contributed by atoms with E-state index in [1.54, 1.807) is 0 Å². The minimum absolute atomic E-state index is 0.0264. The minimum Gasteiger partial charge on any atom is -0.483 e. The van der Waals surface area contributed by atoms with Crippen LogP contribution in [0.15, 0.2) is 46.9 Å². The van der Waals surface area contributed by atoms with Crippen LogP contribution in [0.3, 0.4) is 0 Å². The van der Waals surface area contributed by atoms with Crippen molar-refractivity contribution in [2.75, 3.05) is 11.9 Å². The molecule has 0 saturated heterocycles. The van der Waals surface area contributed by atoms with Gasteiger partial charge in [-0.1, -0.05) is 39.0 Å². The zero-order valence-electron chi connectivity index (χ0n) is 13.9. The monoisotopic (exact) mass is 375 g/mol. The van der Waals surface area contributed by atoms with E-state index < -0.39 is 0 Å². The lowest BCUT2D eigenvalue weighted by molar-refractivity contribution is -0.118. The molecule has 2 aromatic rings. The second-order valence-corrected chi connectivity index (χ2v) is 7.46. The molecule has 23 heavy (non-hydrogen) atoms. The van der Waals surface area contributed by atoms with E-state index in [2.05, 4.69) is 42.0 Å². The van der Waals surface area contributed by atoms with Gasteiger partial charge in [0.25, 0.3) is 5.91 Å². The van der Waals surface area contributed by atoms with Gasteiger partial charge in [0.15, 0.2) is 6.61 Å². The number of aryl methyl sites for hydroxylation is 1. The second-order valence-electron chi connectivity index (χ2n) is 6.60. The van der Waals surface area contributed by atoms with Crippen molar-refractivity contribution in [1.82, 2.24) is 0 Å². The Kier molecular flexibility index (Phi) is 5.47. The molecule has 0 aromatic heterocycles. The van der Waals surface area contributed by atoms with E-state index in [0.29, 0.717) is 5.75 Å². The summed E-state index contributed by atoms with van der Waals surface area (Å²) in [6.45, 7) is 8.43. The average Bonchev–Trinajstić information content (AvgIpc) is 2.45. The number of rotatable bonds is 4. The maximum absolute atomic E-state index is 12.0. The van der Waals surface area contributed by atoms with Gasteiger partial charge in [0.2, 0.25) is 0 Å². The van der Waals surface area contributed by atoms with Crippen molar-refractivity contribution in [2.45, 2.75) is 33.1 Å². The molecule has 4 heteroatoms. The fourth-order valence-corrected chi connectivity index (χ4v) is 2.64. The van der Waals surface area contributed by atoms with Crippen molar-refractivity contribution in [2.24, 2.45) is 0 Å². The van der Waals surface area contributed by atoms with Crippen molar-refractivity contribution in [3.63, 3.8) is 0 Å². The zero-order chi connectivity index (χ0) is 17.0. The van der Waals surface area contributed by atoms with Gasteiger partial charge in [0.1, 0.15) is 5.75 Å². The fraction of sp³-hybridized carbons (Fsp3) is 0.316. The van der Waals surface area contributed by atoms with Gasteiger partial charge in [-0.15, -0.1) is 0 Å². The first-order chi connectivity index (χ1) is 10.8. The van der Waals surface area contributed by atoms with Crippen molar-refractivity contribution < 1.29 is 9.53 Å². The Labute approximate surface area is 146 Å². The van der Waals surface area contributed by atoms with E-state index in [1.807, 2.05) is 49.4 Å². The van der Waals surface area contributed by atoms with Gasteiger partial charge in [0, 0.05) is 5.69 Å². The molecule has 122 valence electrons. The van der Waals surface area contributed by atoms with Crippen LogP contribution in [0.1, 0.15) is 31.9 Å².